The van der Waals surface area contributed by atoms with Crippen LogP contribution in [-0.2, 0) is 11.2 Å². The van der Waals surface area contributed by atoms with Crippen molar-refractivity contribution in [3.05, 3.63) is 40.9 Å². The lowest BCUT2D eigenvalue weighted by atomic mass is 10.1. The smallest absolute Gasteiger partial charge is 0.220 e. The number of amides is 1. The molecule has 0 aromatic heterocycles. The summed E-state index contributed by atoms with van der Waals surface area (Å²) in [6, 6.07) is 5.82. The Kier molecular flexibility index (Phi) is 5.77. The number of halogens is 1. The normalized spacial score (nSPS) is 9.76. The molecule has 0 radical (unpaired) electrons. The van der Waals surface area contributed by atoms with Gasteiger partial charge in [-0.3, -0.25) is 4.79 Å². The molecule has 1 N–H and O–H groups in total. The third-order valence-electron chi connectivity index (χ3n) is 2.30. The Labute approximate surface area is 110 Å². The molecule has 0 bridgehead atoms. The molecule has 1 amide bonds. The van der Waals surface area contributed by atoms with Crippen molar-refractivity contribution in [2.45, 2.75) is 12.8 Å². The Hall–Kier alpha value is -1.29. The number of hydrogen-bond acceptors (Lipinski definition) is 2. The maximum absolute atomic E-state index is 11.4. The van der Waals surface area contributed by atoms with Crippen LogP contribution in [0.3, 0.4) is 0 Å². The summed E-state index contributed by atoms with van der Waals surface area (Å²) in [6.45, 7) is 4.07. The third kappa shape index (κ3) is 4.61. The first-order valence-electron chi connectivity index (χ1n) is 5.37. The van der Waals surface area contributed by atoms with Gasteiger partial charge in [0.15, 0.2) is 0 Å². The van der Waals surface area contributed by atoms with Crippen LogP contribution in [0.1, 0.15) is 12.0 Å². The van der Waals surface area contributed by atoms with Gasteiger partial charge in [-0.25, -0.2) is 0 Å². The van der Waals surface area contributed by atoms with Crippen LogP contribution in [-0.4, -0.2) is 19.6 Å². The van der Waals surface area contributed by atoms with E-state index >= 15 is 0 Å². The third-order valence-corrected chi connectivity index (χ3v) is 2.92. The van der Waals surface area contributed by atoms with Gasteiger partial charge in [-0.2, -0.15) is 0 Å². The Morgan fingerprint density at radius 2 is 2.35 bits per heavy atom. The summed E-state index contributed by atoms with van der Waals surface area (Å²) in [5.74, 6) is 0.835. The predicted octanol–water partition coefficient (Wildman–Crippen LogP) is 2.69. The molecule has 0 heterocycles. The number of methoxy groups -OCH3 is 1. The molecule has 1 aromatic carbocycles. The van der Waals surface area contributed by atoms with Crippen molar-refractivity contribution >= 4 is 21.8 Å². The number of carbonyl (C=O) groups is 1. The van der Waals surface area contributed by atoms with Crippen LogP contribution in [0.25, 0.3) is 0 Å². The van der Waals surface area contributed by atoms with Crippen LogP contribution in [0.15, 0.2) is 35.3 Å². The molecule has 1 rings (SSSR count). The molecular formula is C13H16BrNO2. The van der Waals surface area contributed by atoms with Crippen molar-refractivity contribution in [3.8, 4) is 5.75 Å². The quantitative estimate of drug-likeness (QED) is 0.820. The van der Waals surface area contributed by atoms with E-state index in [4.69, 9.17) is 4.74 Å². The molecule has 92 valence electrons. The number of ether oxygens (including phenoxy) is 1. The van der Waals surface area contributed by atoms with Gasteiger partial charge in [0, 0.05) is 13.0 Å². The molecule has 0 saturated heterocycles. The highest BCUT2D eigenvalue weighted by Crippen LogP contribution is 2.25. The Morgan fingerprint density at radius 3 is 2.94 bits per heavy atom. The monoisotopic (exact) mass is 297 g/mol. The molecule has 3 nitrogen and oxygen atoms in total. The predicted molar refractivity (Wildman–Crippen MR) is 72.2 cm³/mol. The van der Waals surface area contributed by atoms with E-state index in [0.717, 1.165) is 15.8 Å². The van der Waals surface area contributed by atoms with Crippen LogP contribution in [0.4, 0.5) is 0 Å². The van der Waals surface area contributed by atoms with E-state index in [0.29, 0.717) is 19.4 Å². The maximum Gasteiger partial charge on any atom is 0.220 e. The van der Waals surface area contributed by atoms with E-state index in [-0.39, 0.29) is 5.91 Å². The summed E-state index contributed by atoms with van der Waals surface area (Å²) in [5.41, 5.74) is 1.10. The highest BCUT2D eigenvalue weighted by Gasteiger charge is 2.04. The van der Waals surface area contributed by atoms with E-state index in [1.54, 1.807) is 13.2 Å². The summed E-state index contributed by atoms with van der Waals surface area (Å²) in [7, 11) is 1.63. The van der Waals surface area contributed by atoms with Crippen molar-refractivity contribution in [1.82, 2.24) is 5.32 Å². The van der Waals surface area contributed by atoms with E-state index in [1.165, 1.54) is 0 Å². The summed E-state index contributed by atoms with van der Waals surface area (Å²) < 4.78 is 6.05. The van der Waals surface area contributed by atoms with E-state index in [2.05, 4.69) is 27.8 Å². The largest absolute Gasteiger partial charge is 0.496 e. The van der Waals surface area contributed by atoms with Crippen molar-refractivity contribution in [2.75, 3.05) is 13.7 Å². The fraction of sp³-hybridized carbons (Fsp3) is 0.308. The Morgan fingerprint density at radius 1 is 1.59 bits per heavy atom. The number of benzene rings is 1. The number of nitrogens with one attached hydrogen (secondary N) is 1. The SMILES string of the molecule is C=CCNC(=O)CCc1ccc(OC)c(Br)c1. The zero-order valence-corrected chi connectivity index (χ0v) is 11.4. The van der Waals surface area contributed by atoms with Crippen molar-refractivity contribution in [2.24, 2.45) is 0 Å². The zero-order valence-electron chi connectivity index (χ0n) is 9.83. The molecule has 0 fully saturated rings. The van der Waals surface area contributed by atoms with Gasteiger partial charge >= 0.3 is 0 Å². The summed E-state index contributed by atoms with van der Waals surface area (Å²) in [4.78, 5) is 11.4. The van der Waals surface area contributed by atoms with Gasteiger partial charge in [-0.05, 0) is 40.0 Å². The standard InChI is InChI=1S/C13H16BrNO2/c1-3-8-15-13(16)7-5-10-4-6-12(17-2)11(14)9-10/h3-4,6,9H,1,5,7-8H2,2H3,(H,15,16). The van der Waals surface area contributed by atoms with Crippen LogP contribution in [0, 0.1) is 0 Å². The van der Waals surface area contributed by atoms with Crippen LogP contribution >= 0.6 is 15.9 Å². The first-order valence-corrected chi connectivity index (χ1v) is 6.16. The molecule has 0 aliphatic carbocycles. The van der Waals surface area contributed by atoms with Crippen molar-refractivity contribution in [1.29, 1.82) is 0 Å². The highest BCUT2D eigenvalue weighted by atomic mass is 79.9. The first-order chi connectivity index (χ1) is 8.17. The molecule has 0 unspecified atom stereocenters. The topological polar surface area (TPSA) is 38.3 Å². The van der Waals surface area contributed by atoms with Gasteiger partial charge in [0.05, 0.1) is 11.6 Å². The van der Waals surface area contributed by atoms with Crippen molar-refractivity contribution < 1.29 is 9.53 Å². The van der Waals surface area contributed by atoms with Gasteiger partial charge < -0.3 is 10.1 Å². The summed E-state index contributed by atoms with van der Waals surface area (Å²) in [5, 5.41) is 2.75. The fourth-order valence-electron chi connectivity index (χ4n) is 1.40. The molecule has 0 aliphatic heterocycles. The molecule has 0 saturated carbocycles. The molecule has 0 spiro atoms. The Bertz CT molecular complexity index is 404. The second-order valence-corrected chi connectivity index (χ2v) is 4.42. The van der Waals surface area contributed by atoms with E-state index < -0.39 is 0 Å². The molecule has 0 atom stereocenters. The van der Waals surface area contributed by atoms with E-state index in [9.17, 15) is 4.79 Å². The van der Waals surface area contributed by atoms with Gasteiger partial charge in [0.25, 0.3) is 0 Å². The molecular weight excluding hydrogens is 282 g/mol. The number of carbonyl (C=O) groups excluding carboxylic acids is 1. The van der Waals surface area contributed by atoms with Crippen LogP contribution in [0.2, 0.25) is 0 Å². The van der Waals surface area contributed by atoms with Gasteiger partial charge in [0.2, 0.25) is 5.91 Å². The molecule has 0 aliphatic rings. The lowest BCUT2D eigenvalue weighted by molar-refractivity contribution is -0.120. The zero-order chi connectivity index (χ0) is 12.7. The van der Waals surface area contributed by atoms with Gasteiger partial charge in [0.1, 0.15) is 5.75 Å². The second kappa shape index (κ2) is 7.12. The summed E-state index contributed by atoms with van der Waals surface area (Å²) >= 11 is 3.42. The lowest BCUT2D eigenvalue weighted by Crippen LogP contribution is -2.23. The minimum Gasteiger partial charge on any atom is -0.496 e. The Balaban J connectivity index is 2.49. The maximum atomic E-state index is 11.4. The van der Waals surface area contributed by atoms with E-state index in [1.807, 2.05) is 18.2 Å². The molecule has 1 aromatic rings. The fourth-order valence-corrected chi connectivity index (χ4v) is 1.99. The molecule has 17 heavy (non-hydrogen) atoms. The number of hydrogen-bond donors (Lipinski definition) is 1. The minimum absolute atomic E-state index is 0.0387. The number of rotatable bonds is 6. The lowest BCUT2D eigenvalue weighted by Gasteiger charge is -2.06. The van der Waals surface area contributed by atoms with Crippen LogP contribution < -0.4 is 10.1 Å². The van der Waals surface area contributed by atoms with Crippen LogP contribution in [0.5, 0.6) is 5.75 Å². The molecule has 4 heteroatoms. The second-order valence-electron chi connectivity index (χ2n) is 3.56. The van der Waals surface area contributed by atoms with Crippen molar-refractivity contribution in [3.63, 3.8) is 0 Å². The van der Waals surface area contributed by atoms with Gasteiger partial charge in [-0.15, -0.1) is 6.58 Å². The first kappa shape index (κ1) is 13.8. The average Bonchev–Trinajstić information content (AvgIpc) is 2.34. The van der Waals surface area contributed by atoms with Gasteiger partial charge in [-0.1, -0.05) is 12.1 Å². The average molecular weight is 298 g/mol. The highest BCUT2D eigenvalue weighted by molar-refractivity contribution is 9.10. The minimum atomic E-state index is 0.0387. The number of aryl methyl sites for hydroxylation is 1. The summed E-state index contributed by atoms with van der Waals surface area (Å²) in [6.07, 6.45) is 2.86.